The highest BCUT2D eigenvalue weighted by Gasteiger charge is 2.68. The number of hydrogen-bond acceptors (Lipinski definition) is 3. The molecule has 1 aromatic carbocycles. The number of phenolic OH excluding ortho intramolecular Hbond substituents is 1. The predicted molar refractivity (Wildman–Crippen MR) is 89.8 cm³/mol. The van der Waals surface area contributed by atoms with Gasteiger partial charge in [-0.15, -0.1) is 0 Å². The molecule has 3 nitrogen and oxygen atoms in total. The van der Waals surface area contributed by atoms with Gasteiger partial charge in [0.25, 0.3) is 0 Å². The molecule has 122 valence electrons. The minimum absolute atomic E-state index is 0.0724. The highest BCUT2D eigenvalue weighted by molar-refractivity contribution is 5.57. The Kier molecular flexibility index (Phi) is 2.74. The van der Waals surface area contributed by atoms with E-state index in [0.717, 1.165) is 25.3 Å². The Hall–Kier alpha value is -1.48. The molecule has 1 N–H and O–H groups in total. The smallest absolute Gasteiger partial charge is 0.165 e. The van der Waals surface area contributed by atoms with Gasteiger partial charge in [-0.05, 0) is 44.8 Å². The van der Waals surface area contributed by atoms with Crippen LogP contribution in [0.3, 0.4) is 0 Å². The van der Waals surface area contributed by atoms with Crippen LogP contribution < -0.4 is 4.74 Å². The van der Waals surface area contributed by atoms with E-state index in [-0.39, 0.29) is 16.9 Å². The number of benzene rings is 1. The molecule has 6 rings (SSSR count). The first-order chi connectivity index (χ1) is 11.2. The Morgan fingerprint density at radius 3 is 3.04 bits per heavy atom. The first-order valence-electron chi connectivity index (χ1n) is 9.11. The Morgan fingerprint density at radius 1 is 1.35 bits per heavy atom. The van der Waals surface area contributed by atoms with E-state index >= 15 is 0 Å². The lowest BCUT2D eigenvalue weighted by atomic mass is 9.45. The van der Waals surface area contributed by atoms with Gasteiger partial charge in [-0.3, -0.25) is 0 Å². The zero-order valence-corrected chi connectivity index (χ0v) is 13.8. The molecule has 3 heteroatoms. The summed E-state index contributed by atoms with van der Waals surface area (Å²) < 4.78 is 6.41. The van der Waals surface area contributed by atoms with Crippen LogP contribution in [0.4, 0.5) is 0 Å². The topological polar surface area (TPSA) is 32.7 Å². The van der Waals surface area contributed by atoms with Crippen molar-refractivity contribution in [3.05, 3.63) is 35.9 Å². The Bertz CT molecular complexity index is 684. The second-order valence-electron chi connectivity index (χ2n) is 7.91. The first kappa shape index (κ1) is 13.9. The van der Waals surface area contributed by atoms with Crippen molar-refractivity contribution < 1.29 is 9.84 Å². The van der Waals surface area contributed by atoms with Crippen molar-refractivity contribution in [2.75, 3.05) is 19.6 Å². The number of rotatable bonds is 2. The molecule has 2 aliphatic heterocycles. The van der Waals surface area contributed by atoms with E-state index < -0.39 is 0 Å². The molecule has 1 aromatic rings. The highest BCUT2D eigenvalue weighted by atomic mass is 16.5. The minimum atomic E-state index is 0.0724. The van der Waals surface area contributed by atoms with Crippen LogP contribution in [0.1, 0.15) is 38.2 Å². The molecule has 2 spiro atoms. The fourth-order valence-corrected chi connectivity index (χ4v) is 6.04. The van der Waals surface area contributed by atoms with Crippen molar-refractivity contribution in [1.82, 2.24) is 4.90 Å². The number of hydrogen-bond donors (Lipinski definition) is 1. The van der Waals surface area contributed by atoms with Crippen LogP contribution in [0.25, 0.3) is 0 Å². The third-order valence-electron chi connectivity index (χ3n) is 6.94. The van der Waals surface area contributed by atoms with E-state index in [4.69, 9.17) is 4.74 Å². The maximum absolute atomic E-state index is 10.3. The molecule has 4 unspecified atom stereocenters. The van der Waals surface area contributed by atoms with E-state index in [1.807, 2.05) is 6.07 Å². The molecule has 3 aliphatic carbocycles. The van der Waals surface area contributed by atoms with Gasteiger partial charge in [0.15, 0.2) is 11.5 Å². The third-order valence-corrected chi connectivity index (χ3v) is 6.94. The lowest BCUT2D eigenvalue weighted by Crippen LogP contribution is -2.66. The summed E-state index contributed by atoms with van der Waals surface area (Å²) in [7, 11) is 0. The molecule has 1 saturated heterocycles. The highest BCUT2D eigenvalue weighted by Crippen LogP contribution is 2.67. The standard InChI is InChI=1S/C20H25NO2/c1-2-11-21-12-10-20-15-4-3-5-16(22)17(15)23-18(20)14-6-8-19(20,13-21)9-7-14/h3-6,8,14,18,22H,2,7,9-13H2,1H3. The SMILES string of the molecule is CCCN1CCC23c4cccc(O)c4OC2C2C=CC3(CC2)C1. The Morgan fingerprint density at radius 2 is 2.26 bits per heavy atom. The quantitative estimate of drug-likeness (QED) is 0.849. The minimum Gasteiger partial charge on any atom is -0.504 e. The van der Waals surface area contributed by atoms with Crippen molar-refractivity contribution in [3.8, 4) is 11.5 Å². The van der Waals surface area contributed by atoms with Gasteiger partial charge in [0, 0.05) is 28.9 Å². The zero-order chi connectivity index (χ0) is 15.7. The van der Waals surface area contributed by atoms with E-state index in [0.29, 0.717) is 11.7 Å². The number of piperidine rings is 1. The molecule has 4 atom stereocenters. The summed E-state index contributed by atoms with van der Waals surface area (Å²) in [6, 6.07) is 5.97. The van der Waals surface area contributed by atoms with Crippen molar-refractivity contribution in [1.29, 1.82) is 0 Å². The molecule has 0 radical (unpaired) electrons. The summed E-state index contributed by atoms with van der Waals surface area (Å²) in [5, 5.41) is 10.3. The van der Waals surface area contributed by atoms with Gasteiger partial charge in [0.2, 0.25) is 0 Å². The average molecular weight is 311 g/mol. The Balaban J connectivity index is 1.68. The third kappa shape index (κ3) is 1.54. The maximum Gasteiger partial charge on any atom is 0.165 e. The molecule has 2 bridgehead atoms. The van der Waals surface area contributed by atoms with Crippen molar-refractivity contribution in [2.45, 2.75) is 44.1 Å². The maximum atomic E-state index is 10.3. The van der Waals surface area contributed by atoms with Gasteiger partial charge < -0.3 is 14.7 Å². The molecule has 2 fully saturated rings. The lowest BCUT2D eigenvalue weighted by molar-refractivity contribution is -0.0790. The molecule has 23 heavy (non-hydrogen) atoms. The molecule has 5 aliphatic rings. The van der Waals surface area contributed by atoms with Crippen LogP contribution in [-0.4, -0.2) is 35.7 Å². The van der Waals surface area contributed by atoms with Gasteiger partial charge in [0.05, 0.1) is 0 Å². The second-order valence-corrected chi connectivity index (χ2v) is 7.91. The number of nitrogens with zero attached hydrogens (tertiary/aromatic N) is 1. The molecule has 0 amide bonds. The molecule has 2 heterocycles. The molecule has 1 saturated carbocycles. The normalized spacial score (nSPS) is 40.4. The van der Waals surface area contributed by atoms with Gasteiger partial charge in [-0.25, -0.2) is 0 Å². The summed E-state index contributed by atoms with van der Waals surface area (Å²) in [4.78, 5) is 2.64. The number of phenols is 1. The van der Waals surface area contributed by atoms with Crippen molar-refractivity contribution in [2.24, 2.45) is 11.3 Å². The predicted octanol–water partition coefficient (Wildman–Crippen LogP) is 3.47. The fraction of sp³-hybridized carbons (Fsp3) is 0.600. The van der Waals surface area contributed by atoms with Crippen LogP contribution in [-0.2, 0) is 5.41 Å². The van der Waals surface area contributed by atoms with Crippen molar-refractivity contribution >= 4 is 0 Å². The van der Waals surface area contributed by atoms with Gasteiger partial charge >= 0.3 is 0 Å². The van der Waals surface area contributed by atoms with E-state index in [1.54, 1.807) is 6.07 Å². The number of fused-ring (bicyclic) bond motifs is 2. The summed E-state index contributed by atoms with van der Waals surface area (Å²) in [6.45, 7) is 5.74. The number of likely N-dealkylation sites (tertiary alicyclic amines) is 1. The van der Waals surface area contributed by atoms with Crippen molar-refractivity contribution in [3.63, 3.8) is 0 Å². The van der Waals surface area contributed by atoms with Gasteiger partial charge in [-0.1, -0.05) is 31.2 Å². The van der Waals surface area contributed by atoms with Gasteiger partial charge in [0.1, 0.15) is 6.10 Å². The fourth-order valence-electron chi connectivity index (χ4n) is 6.04. The summed E-state index contributed by atoms with van der Waals surface area (Å²) >= 11 is 0. The zero-order valence-electron chi connectivity index (χ0n) is 13.8. The summed E-state index contributed by atoms with van der Waals surface area (Å²) in [5.41, 5.74) is 1.52. The van der Waals surface area contributed by atoms with E-state index in [1.165, 1.54) is 31.4 Å². The van der Waals surface area contributed by atoms with E-state index in [2.05, 4.69) is 30.0 Å². The summed E-state index contributed by atoms with van der Waals surface area (Å²) in [5.74, 6) is 1.58. The molecule has 0 aromatic heterocycles. The first-order valence-corrected chi connectivity index (χ1v) is 9.11. The number of aromatic hydroxyl groups is 1. The van der Waals surface area contributed by atoms with E-state index in [9.17, 15) is 5.11 Å². The Labute approximate surface area is 137 Å². The largest absolute Gasteiger partial charge is 0.504 e. The second kappa shape index (κ2) is 4.54. The number of ether oxygens (including phenoxy) is 1. The van der Waals surface area contributed by atoms with Crippen LogP contribution in [0.5, 0.6) is 11.5 Å². The van der Waals surface area contributed by atoms with Crippen LogP contribution in [0, 0.1) is 11.3 Å². The van der Waals surface area contributed by atoms with Crippen LogP contribution in [0.15, 0.2) is 30.4 Å². The molecular formula is C20H25NO2. The van der Waals surface area contributed by atoms with Gasteiger partial charge in [-0.2, -0.15) is 0 Å². The number of para-hydroxylation sites is 1. The van der Waals surface area contributed by atoms with Crippen LogP contribution >= 0.6 is 0 Å². The molecular weight excluding hydrogens is 286 g/mol. The average Bonchev–Trinajstić information content (AvgIpc) is 2.93. The monoisotopic (exact) mass is 311 g/mol. The lowest BCUT2D eigenvalue weighted by Gasteiger charge is -2.62. The summed E-state index contributed by atoms with van der Waals surface area (Å²) in [6.07, 6.45) is 9.98. The van der Waals surface area contributed by atoms with Crippen LogP contribution in [0.2, 0.25) is 0 Å².